The fourth-order valence-corrected chi connectivity index (χ4v) is 6.54. The Morgan fingerprint density at radius 2 is 1.35 bits per heavy atom. The van der Waals surface area contributed by atoms with Crippen molar-refractivity contribution in [3.05, 3.63) is 157 Å². The van der Waals surface area contributed by atoms with Gasteiger partial charge in [0, 0.05) is 31.0 Å². The van der Waals surface area contributed by atoms with E-state index in [1.165, 1.54) is 28.3 Å². The number of aromatic nitrogens is 5. The fourth-order valence-electron chi connectivity index (χ4n) is 4.67. The first-order valence-corrected chi connectivity index (χ1v) is 16.2. The Balaban J connectivity index is 0.000000182. The summed E-state index contributed by atoms with van der Waals surface area (Å²) < 4.78 is 13.2. The van der Waals surface area contributed by atoms with Crippen molar-refractivity contribution in [1.29, 1.82) is 0 Å². The van der Waals surface area contributed by atoms with Gasteiger partial charge in [-0.2, -0.15) is 0 Å². The number of carbonyl (C=O) groups excluding carboxylic acids is 2. The molecule has 0 bridgehead atoms. The summed E-state index contributed by atoms with van der Waals surface area (Å²) in [4.78, 5) is 64.0. The van der Waals surface area contributed by atoms with Crippen LogP contribution in [0.25, 0.3) is 20.4 Å². The van der Waals surface area contributed by atoms with Crippen LogP contribution in [0.2, 0.25) is 0 Å². The van der Waals surface area contributed by atoms with E-state index in [0.29, 0.717) is 15.1 Å². The van der Waals surface area contributed by atoms with Gasteiger partial charge >= 0.3 is 17.6 Å². The molecule has 0 fully saturated rings. The van der Waals surface area contributed by atoms with Crippen molar-refractivity contribution in [2.24, 2.45) is 7.05 Å². The molecule has 5 heterocycles. The average molecular weight is 678 g/mol. The van der Waals surface area contributed by atoms with Gasteiger partial charge in [-0.05, 0) is 41.0 Å². The smallest absolute Gasteiger partial charge is 0.348 e. The number of aryl methyl sites for hydroxylation is 1. The molecule has 48 heavy (non-hydrogen) atoms. The summed E-state index contributed by atoms with van der Waals surface area (Å²) in [6, 6.07) is 25.7. The van der Waals surface area contributed by atoms with E-state index in [0.717, 1.165) is 42.8 Å². The maximum absolute atomic E-state index is 12.9. The van der Waals surface area contributed by atoms with Crippen LogP contribution in [0.15, 0.2) is 119 Å². The van der Waals surface area contributed by atoms with E-state index in [4.69, 9.17) is 9.47 Å². The molecule has 0 aliphatic carbocycles. The minimum atomic E-state index is -0.525. The molecule has 2 aromatic carbocycles. The molecule has 0 aliphatic rings. The molecule has 0 aliphatic heterocycles. The van der Waals surface area contributed by atoms with Gasteiger partial charge in [0.15, 0.2) is 0 Å². The van der Waals surface area contributed by atoms with E-state index in [9.17, 15) is 19.2 Å². The number of fused-ring (bicyclic) bond motifs is 2. The molecule has 0 saturated heterocycles. The number of benzene rings is 2. The van der Waals surface area contributed by atoms with Crippen LogP contribution in [-0.4, -0.2) is 36.0 Å². The Hall–Kier alpha value is -5.79. The highest BCUT2D eigenvalue weighted by Crippen LogP contribution is 2.24. The van der Waals surface area contributed by atoms with Gasteiger partial charge in [0.05, 0.1) is 11.9 Å². The lowest BCUT2D eigenvalue weighted by atomic mass is 10.2. The highest BCUT2D eigenvalue weighted by molar-refractivity contribution is 7.20. The average Bonchev–Trinajstić information content (AvgIpc) is 3.78. The molecule has 7 rings (SSSR count). The largest absolute Gasteiger partial charge is 0.457 e. The van der Waals surface area contributed by atoms with E-state index >= 15 is 0 Å². The zero-order chi connectivity index (χ0) is 33.5. The van der Waals surface area contributed by atoms with Gasteiger partial charge in [-0.15, -0.1) is 22.7 Å². The normalized spacial score (nSPS) is 10.8. The second kappa shape index (κ2) is 14.8. The van der Waals surface area contributed by atoms with Crippen molar-refractivity contribution < 1.29 is 19.1 Å². The zero-order valence-electron chi connectivity index (χ0n) is 25.5. The standard InChI is InChI=1S/C21H17N3O4S.C14H10N2O2S/c1-23-19-16(18(25)24(21(23)27)12-14-7-9-22-10-8-14)11-17(29-19)20(26)28-13-15-5-3-2-4-6-15;17-14(18-8-10-4-2-1-3-5-10)12-6-11-7-15-9-16-13(11)19-12/h2-11H,12-13H2,1H3;1-7,9H,8H2. The number of pyridine rings is 1. The van der Waals surface area contributed by atoms with E-state index < -0.39 is 17.2 Å². The van der Waals surface area contributed by atoms with E-state index in [2.05, 4.69) is 15.0 Å². The fraction of sp³-hybridized carbons (Fsp3) is 0.114. The predicted molar refractivity (Wildman–Crippen MR) is 183 cm³/mol. The third kappa shape index (κ3) is 7.43. The maximum Gasteiger partial charge on any atom is 0.348 e. The summed E-state index contributed by atoms with van der Waals surface area (Å²) in [6.45, 7) is 0.548. The molecule has 0 spiro atoms. The van der Waals surface area contributed by atoms with E-state index in [1.54, 1.807) is 43.8 Å². The minimum Gasteiger partial charge on any atom is -0.457 e. The number of esters is 2. The van der Waals surface area contributed by atoms with Crippen LogP contribution in [0.3, 0.4) is 0 Å². The molecule has 0 atom stereocenters. The Labute approximate surface area is 281 Å². The van der Waals surface area contributed by atoms with Crippen molar-refractivity contribution in [3.63, 3.8) is 0 Å². The highest BCUT2D eigenvalue weighted by Gasteiger charge is 2.19. The number of ether oxygens (including phenoxy) is 2. The second-order valence-corrected chi connectivity index (χ2v) is 12.5. The molecule has 7 aromatic rings. The molecular formula is C35H27N5O6S2. The van der Waals surface area contributed by atoms with Gasteiger partial charge in [-0.1, -0.05) is 60.7 Å². The topological polar surface area (TPSA) is 135 Å². The number of thiophene rings is 2. The van der Waals surface area contributed by atoms with Crippen LogP contribution < -0.4 is 11.2 Å². The predicted octanol–water partition coefficient (Wildman–Crippen LogP) is 5.61. The molecule has 5 aromatic heterocycles. The lowest BCUT2D eigenvalue weighted by molar-refractivity contribution is 0.0470. The molecule has 240 valence electrons. The maximum atomic E-state index is 12.9. The van der Waals surface area contributed by atoms with Gasteiger partial charge in [-0.3, -0.25) is 18.9 Å². The highest BCUT2D eigenvalue weighted by atomic mass is 32.1. The SMILES string of the molecule is Cn1c(=O)n(Cc2ccncc2)c(=O)c2cc(C(=O)OCc3ccccc3)sc21.O=C(OCc1ccccc1)c1cc2cncnc2s1. The molecule has 0 saturated carbocycles. The molecule has 13 heteroatoms. The Morgan fingerprint density at radius 1 is 0.750 bits per heavy atom. The molecule has 11 nitrogen and oxygen atoms in total. The van der Waals surface area contributed by atoms with Gasteiger partial charge < -0.3 is 9.47 Å². The third-order valence-corrected chi connectivity index (χ3v) is 9.35. The first-order chi connectivity index (χ1) is 23.4. The quantitative estimate of drug-likeness (QED) is 0.188. The van der Waals surface area contributed by atoms with Crippen LogP contribution >= 0.6 is 22.7 Å². The third-order valence-electron chi connectivity index (χ3n) is 7.12. The molecule has 0 radical (unpaired) electrons. The van der Waals surface area contributed by atoms with Crippen LogP contribution in [0.5, 0.6) is 0 Å². The summed E-state index contributed by atoms with van der Waals surface area (Å²) in [6.07, 6.45) is 6.37. The van der Waals surface area contributed by atoms with Crippen molar-refractivity contribution in [2.75, 3.05) is 0 Å². The van der Waals surface area contributed by atoms with Gasteiger partial charge in [0.1, 0.15) is 39.0 Å². The first-order valence-electron chi connectivity index (χ1n) is 14.6. The zero-order valence-corrected chi connectivity index (χ0v) is 27.1. The van der Waals surface area contributed by atoms with Crippen molar-refractivity contribution >= 4 is 55.0 Å². The van der Waals surface area contributed by atoms with Crippen molar-refractivity contribution in [1.82, 2.24) is 24.1 Å². The summed E-state index contributed by atoms with van der Waals surface area (Å²) in [7, 11) is 1.59. The summed E-state index contributed by atoms with van der Waals surface area (Å²) in [5.41, 5.74) is 1.76. The summed E-state index contributed by atoms with van der Waals surface area (Å²) in [5.74, 6) is -0.852. The molecule has 0 N–H and O–H groups in total. The van der Waals surface area contributed by atoms with Crippen molar-refractivity contribution in [2.45, 2.75) is 19.8 Å². The number of nitrogens with zero attached hydrogens (tertiary/aromatic N) is 5. The van der Waals surface area contributed by atoms with Crippen LogP contribution in [0.1, 0.15) is 36.0 Å². The molecular weight excluding hydrogens is 651 g/mol. The van der Waals surface area contributed by atoms with Gasteiger partial charge in [0.25, 0.3) is 5.56 Å². The summed E-state index contributed by atoms with van der Waals surface area (Å²) in [5, 5.41) is 1.18. The second-order valence-electron chi connectivity index (χ2n) is 10.4. The van der Waals surface area contributed by atoms with Crippen LogP contribution in [-0.2, 0) is 36.3 Å². The van der Waals surface area contributed by atoms with E-state index in [-0.39, 0.29) is 30.6 Å². The van der Waals surface area contributed by atoms with Crippen LogP contribution in [0.4, 0.5) is 0 Å². The minimum absolute atomic E-state index is 0.133. The Kier molecular flexibility index (Phi) is 9.88. The lowest BCUT2D eigenvalue weighted by Crippen LogP contribution is -2.38. The van der Waals surface area contributed by atoms with E-state index in [1.807, 2.05) is 60.7 Å². The van der Waals surface area contributed by atoms with Crippen molar-refractivity contribution in [3.8, 4) is 0 Å². The number of rotatable bonds is 8. The summed E-state index contributed by atoms with van der Waals surface area (Å²) >= 11 is 2.39. The van der Waals surface area contributed by atoms with Crippen LogP contribution in [0, 0.1) is 0 Å². The lowest BCUT2D eigenvalue weighted by Gasteiger charge is -2.08. The first kappa shape index (κ1) is 32.2. The number of hydrogen-bond acceptors (Lipinski definition) is 11. The molecule has 0 amide bonds. The Morgan fingerprint density at radius 3 is 1.96 bits per heavy atom. The number of carbonyl (C=O) groups is 2. The number of hydrogen-bond donors (Lipinski definition) is 0. The monoisotopic (exact) mass is 677 g/mol. The van der Waals surface area contributed by atoms with Gasteiger partial charge in [0.2, 0.25) is 0 Å². The Bertz CT molecular complexity index is 2280. The van der Waals surface area contributed by atoms with Gasteiger partial charge in [-0.25, -0.2) is 24.4 Å². The molecule has 0 unspecified atom stereocenters.